The van der Waals surface area contributed by atoms with Crippen molar-refractivity contribution in [3.8, 4) is 11.5 Å². The van der Waals surface area contributed by atoms with Gasteiger partial charge in [-0.05, 0) is 55.3 Å². The molecule has 5 nitrogen and oxygen atoms in total. The Morgan fingerprint density at radius 3 is 2.48 bits per heavy atom. The number of aryl methyl sites for hydroxylation is 2. The van der Waals surface area contributed by atoms with Gasteiger partial charge in [0.2, 0.25) is 0 Å². The van der Waals surface area contributed by atoms with Gasteiger partial charge >= 0.3 is 0 Å². The summed E-state index contributed by atoms with van der Waals surface area (Å²) in [6, 6.07) is 18.3. The van der Waals surface area contributed by atoms with E-state index in [0.717, 1.165) is 28.2 Å². The predicted octanol–water partition coefficient (Wildman–Crippen LogP) is 5.40. The molecule has 4 rings (SSSR count). The molecule has 2 N–H and O–H groups in total. The molecule has 0 saturated carbocycles. The summed E-state index contributed by atoms with van der Waals surface area (Å²) < 4.78 is 11.0. The Labute approximate surface area is 170 Å². The Bertz CT molecular complexity index is 1150. The van der Waals surface area contributed by atoms with Crippen LogP contribution in [0.15, 0.2) is 60.8 Å². The molecule has 29 heavy (non-hydrogen) atoms. The van der Waals surface area contributed by atoms with Gasteiger partial charge in [0.05, 0.1) is 20.3 Å². The molecule has 0 unspecified atom stereocenters. The molecule has 0 fully saturated rings. The second-order valence-corrected chi connectivity index (χ2v) is 7.12. The molecule has 0 aliphatic heterocycles. The minimum Gasteiger partial charge on any atom is -0.493 e. The first-order valence-corrected chi connectivity index (χ1v) is 9.59. The molecule has 0 aliphatic rings. The molecule has 0 saturated heterocycles. The zero-order valence-electron chi connectivity index (χ0n) is 17.1. The first kappa shape index (κ1) is 18.9. The number of methoxy groups -OCH3 is 2. The standard InChI is InChI=1S/C24H25N3O2/c1-15-11-12-25-22(13-15)27-24(17-9-10-20(28-3)21(14-17)29-4)23-16(2)26-19-8-6-5-7-18(19)23/h5-14,24,26H,1-4H3,(H,25,27)/t24-/m1/s1. The van der Waals surface area contributed by atoms with Crippen molar-refractivity contribution in [2.45, 2.75) is 19.9 Å². The van der Waals surface area contributed by atoms with Crippen molar-refractivity contribution in [2.24, 2.45) is 0 Å². The van der Waals surface area contributed by atoms with E-state index in [2.05, 4.69) is 59.5 Å². The van der Waals surface area contributed by atoms with Crippen molar-refractivity contribution in [2.75, 3.05) is 19.5 Å². The number of nitrogens with zero attached hydrogens (tertiary/aromatic N) is 1. The van der Waals surface area contributed by atoms with Crippen LogP contribution in [0.5, 0.6) is 11.5 Å². The van der Waals surface area contributed by atoms with Crippen molar-refractivity contribution >= 4 is 16.7 Å². The van der Waals surface area contributed by atoms with Crippen LogP contribution in [0.1, 0.15) is 28.4 Å². The smallest absolute Gasteiger partial charge is 0.161 e. The van der Waals surface area contributed by atoms with Crippen molar-refractivity contribution in [3.05, 3.63) is 83.2 Å². The molecular weight excluding hydrogens is 362 g/mol. The van der Waals surface area contributed by atoms with Gasteiger partial charge in [0.25, 0.3) is 0 Å². The molecule has 2 aromatic carbocycles. The summed E-state index contributed by atoms with van der Waals surface area (Å²) in [6.45, 7) is 4.17. The molecule has 4 aromatic rings. The number of hydrogen-bond acceptors (Lipinski definition) is 4. The highest BCUT2D eigenvalue weighted by atomic mass is 16.5. The molecule has 5 heteroatoms. The fraction of sp³-hybridized carbons (Fsp3) is 0.208. The molecule has 0 aliphatic carbocycles. The number of aromatic nitrogens is 2. The van der Waals surface area contributed by atoms with Gasteiger partial charge in [-0.2, -0.15) is 0 Å². The van der Waals surface area contributed by atoms with Gasteiger partial charge in [-0.1, -0.05) is 24.3 Å². The van der Waals surface area contributed by atoms with Gasteiger partial charge in [-0.25, -0.2) is 4.98 Å². The lowest BCUT2D eigenvalue weighted by molar-refractivity contribution is 0.354. The number of fused-ring (bicyclic) bond motifs is 1. The van der Waals surface area contributed by atoms with E-state index >= 15 is 0 Å². The van der Waals surface area contributed by atoms with Crippen LogP contribution < -0.4 is 14.8 Å². The number of aromatic amines is 1. The Morgan fingerprint density at radius 2 is 1.72 bits per heavy atom. The number of ether oxygens (including phenoxy) is 2. The van der Waals surface area contributed by atoms with E-state index in [9.17, 15) is 0 Å². The maximum atomic E-state index is 5.56. The number of nitrogens with one attached hydrogen (secondary N) is 2. The summed E-state index contributed by atoms with van der Waals surface area (Å²) in [5.74, 6) is 2.24. The lowest BCUT2D eigenvalue weighted by Gasteiger charge is -2.22. The average Bonchev–Trinajstić information content (AvgIpc) is 3.07. The fourth-order valence-corrected chi connectivity index (χ4v) is 3.79. The second kappa shape index (κ2) is 7.87. The maximum absolute atomic E-state index is 5.56. The van der Waals surface area contributed by atoms with Crippen molar-refractivity contribution in [3.63, 3.8) is 0 Å². The minimum atomic E-state index is -0.111. The van der Waals surface area contributed by atoms with Crippen molar-refractivity contribution in [1.82, 2.24) is 9.97 Å². The number of anilines is 1. The maximum Gasteiger partial charge on any atom is 0.161 e. The van der Waals surface area contributed by atoms with Crippen molar-refractivity contribution in [1.29, 1.82) is 0 Å². The Morgan fingerprint density at radius 1 is 0.931 bits per heavy atom. The number of H-pyrrole nitrogens is 1. The third-order valence-corrected chi connectivity index (χ3v) is 5.18. The number of para-hydroxylation sites is 1. The third-order valence-electron chi connectivity index (χ3n) is 5.18. The highest BCUT2D eigenvalue weighted by Crippen LogP contribution is 2.37. The fourth-order valence-electron chi connectivity index (χ4n) is 3.79. The molecule has 0 bridgehead atoms. The summed E-state index contributed by atoms with van der Waals surface area (Å²) in [5, 5.41) is 4.82. The lowest BCUT2D eigenvalue weighted by atomic mass is 9.95. The Kier molecular flexibility index (Phi) is 5.12. The SMILES string of the molecule is COc1ccc([C@@H](Nc2cc(C)ccn2)c2c(C)[nH]c3ccccc23)cc1OC. The van der Waals surface area contributed by atoms with Gasteiger partial charge in [0.1, 0.15) is 5.82 Å². The number of pyridine rings is 1. The molecule has 148 valence electrons. The van der Waals surface area contributed by atoms with Crippen LogP contribution >= 0.6 is 0 Å². The molecular formula is C24H25N3O2. The third kappa shape index (κ3) is 3.63. The number of rotatable bonds is 6. The zero-order valence-corrected chi connectivity index (χ0v) is 17.1. The van der Waals surface area contributed by atoms with Gasteiger partial charge < -0.3 is 19.8 Å². The largest absolute Gasteiger partial charge is 0.493 e. The van der Waals surface area contributed by atoms with E-state index in [1.54, 1.807) is 14.2 Å². The summed E-state index contributed by atoms with van der Waals surface area (Å²) in [6.07, 6.45) is 1.82. The molecule has 0 spiro atoms. The topological polar surface area (TPSA) is 59.2 Å². The molecule has 2 aromatic heterocycles. The van der Waals surface area contributed by atoms with Crippen LogP contribution in [0.25, 0.3) is 10.9 Å². The molecule has 2 heterocycles. The van der Waals surface area contributed by atoms with Gasteiger partial charge in [0, 0.05) is 28.4 Å². The quantitative estimate of drug-likeness (QED) is 0.465. The predicted molar refractivity (Wildman–Crippen MR) is 117 cm³/mol. The van der Waals surface area contributed by atoms with Crippen LogP contribution in [0, 0.1) is 13.8 Å². The Hall–Kier alpha value is -3.47. The van der Waals surface area contributed by atoms with Crippen LogP contribution in [0.3, 0.4) is 0 Å². The van der Waals surface area contributed by atoms with E-state index in [1.165, 1.54) is 10.9 Å². The monoisotopic (exact) mass is 387 g/mol. The highest BCUT2D eigenvalue weighted by molar-refractivity contribution is 5.86. The number of benzene rings is 2. The summed E-state index contributed by atoms with van der Waals surface area (Å²) >= 11 is 0. The first-order chi connectivity index (χ1) is 14.1. The summed E-state index contributed by atoms with van der Waals surface area (Å²) in [4.78, 5) is 8.03. The van der Waals surface area contributed by atoms with Crippen LogP contribution in [-0.4, -0.2) is 24.2 Å². The van der Waals surface area contributed by atoms with E-state index in [0.29, 0.717) is 11.5 Å². The minimum absolute atomic E-state index is 0.111. The van der Waals surface area contributed by atoms with Gasteiger partial charge in [0.15, 0.2) is 11.5 Å². The second-order valence-electron chi connectivity index (χ2n) is 7.12. The van der Waals surface area contributed by atoms with Crippen LogP contribution in [0.4, 0.5) is 5.82 Å². The summed E-state index contributed by atoms with van der Waals surface area (Å²) in [5.41, 5.74) is 5.65. The van der Waals surface area contributed by atoms with Gasteiger partial charge in [-0.3, -0.25) is 0 Å². The van der Waals surface area contributed by atoms with Gasteiger partial charge in [-0.15, -0.1) is 0 Å². The molecule has 1 atom stereocenters. The van der Waals surface area contributed by atoms with E-state index in [-0.39, 0.29) is 6.04 Å². The van der Waals surface area contributed by atoms with Crippen LogP contribution in [0.2, 0.25) is 0 Å². The first-order valence-electron chi connectivity index (χ1n) is 9.59. The van der Waals surface area contributed by atoms with E-state index in [4.69, 9.17) is 9.47 Å². The Balaban J connectivity index is 1.89. The van der Waals surface area contributed by atoms with Crippen LogP contribution in [-0.2, 0) is 0 Å². The van der Waals surface area contributed by atoms with E-state index in [1.807, 2.05) is 30.5 Å². The highest BCUT2D eigenvalue weighted by Gasteiger charge is 2.22. The number of hydrogen-bond donors (Lipinski definition) is 2. The average molecular weight is 387 g/mol. The molecule has 0 amide bonds. The van der Waals surface area contributed by atoms with E-state index < -0.39 is 0 Å². The molecule has 0 radical (unpaired) electrons. The lowest BCUT2D eigenvalue weighted by Crippen LogP contribution is -2.14. The normalized spacial score (nSPS) is 12.0. The summed E-state index contributed by atoms with van der Waals surface area (Å²) in [7, 11) is 3.30. The van der Waals surface area contributed by atoms with Crippen molar-refractivity contribution < 1.29 is 9.47 Å². The zero-order chi connectivity index (χ0) is 20.4.